The Kier molecular flexibility index (Phi) is 3.89. The van der Waals surface area contributed by atoms with Gasteiger partial charge in [0.2, 0.25) is 0 Å². The molecule has 1 fully saturated rings. The Bertz CT molecular complexity index is 198. The second kappa shape index (κ2) is 4.75. The van der Waals surface area contributed by atoms with E-state index >= 15 is 0 Å². The molecule has 0 spiro atoms. The minimum absolute atomic E-state index is 0.0277. The maximum absolute atomic E-state index is 10.6. The van der Waals surface area contributed by atoms with Crippen molar-refractivity contribution in [1.82, 2.24) is 0 Å². The molecule has 0 saturated heterocycles. The SMILES string of the molecule is CCC1CCC(CC(=O)O)(ON)CC1. The first-order chi connectivity index (χ1) is 6.62. The van der Waals surface area contributed by atoms with Crippen LogP contribution < -0.4 is 5.90 Å². The monoisotopic (exact) mass is 201 g/mol. The van der Waals surface area contributed by atoms with Crippen molar-refractivity contribution in [3.8, 4) is 0 Å². The summed E-state index contributed by atoms with van der Waals surface area (Å²) in [5.41, 5.74) is -0.600. The van der Waals surface area contributed by atoms with E-state index in [9.17, 15) is 4.79 Å². The maximum atomic E-state index is 10.6. The number of hydrogen-bond acceptors (Lipinski definition) is 3. The lowest BCUT2D eigenvalue weighted by Gasteiger charge is -2.36. The molecular weight excluding hydrogens is 182 g/mol. The van der Waals surface area contributed by atoms with E-state index in [2.05, 4.69) is 6.92 Å². The maximum Gasteiger partial charge on any atom is 0.306 e. The predicted molar refractivity (Wildman–Crippen MR) is 52.5 cm³/mol. The molecule has 0 bridgehead atoms. The normalized spacial score (nSPS) is 32.9. The third-order valence-electron chi connectivity index (χ3n) is 3.32. The number of carboxylic acids is 1. The Morgan fingerprint density at radius 3 is 2.50 bits per heavy atom. The van der Waals surface area contributed by atoms with Crippen LogP contribution in [0.3, 0.4) is 0 Å². The largest absolute Gasteiger partial charge is 0.481 e. The molecule has 1 aliphatic carbocycles. The van der Waals surface area contributed by atoms with E-state index in [1.807, 2.05) is 0 Å². The minimum Gasteiger partial charge on any atom is -0.481 e. The molecule has 1 aliphatic rings. The van der Waals surface area contributed by atoms with Gasteiger partial charge in [-0.2, -0.15) is 0 Å². The van der Waals surface area contributed by atoms with E-state index in [0.717, 1.165) is 32.1 Å². The lowest BCUT2D eigenvalue weighted by Crippen LogP contribution is -2.41. The van der Waals surface area contributed by atoms with Crippen molar-refractivity contribution in [3.63, 3.8) is 0 Å². The molecule has 82 valence electrons. The Hall–Kier alpha value is -0.610. The summed E-state index contributed by atoms with van der Waals surface area (Å²) in [6.07, 6.45) is 4.79. The number of aliphatic carboxylic acids is 1. The van der Waals surface area contributed by atoms with Crippen molar-refractivity contribution in [2.45, 2.75) is 51.0 Å². The summed E-state index contributed by atoms with van der Waals surface area (Å²) in [5.74, 6) is 5.10. The van der Waals surface area contributed by atoms with Gasteiger partial charge in [0.25, 0.3) is 0 Å². The molecule has 0 aromatic carbocycles. The number of hydrogen-bond donors (Lipinski definition) is 2. The molecule has 0 aliphatic heterocycles. The van der Waals surface area contributed by atoms with Crippen LogP contribution in [0.5, 0.6) is 0 Å². The van der Waals surface area contributed by atoms with Gasteiger partial charge >= 0.3 is 5.97 Å². The molecule has 3 N–H and O–H groups in total. The molecule has 0 amide bonds. The quantitative estimate of drug-likeness (QED) is 0.679. The Morgan fingerprint density at radius 1 is 1.57 bits per heavy atom. The first-order valence-corrected chi connectivity index (χ1v) is 5.21. The zero-order valence-electron chi connectivity index (χ0n) is 8.66. The van der Waals surface area contributed by atoms with Gasteiger partial charge in [-0.1, -0.05) is 13.3 Å². The number of carboxylic acid groups (broad SMARTS) is 1. The zero-order chi connectivity index (χ0) is 10.6. The molecule has 0 unspecified atom stereocenters. The Labute approximate surface area is 84.4 Å². The highest BCUT2D eigenvalue weighted by molar-refractivity contribution is 5.68. The molecule has 0 radical (unpaired) electrons. The fourth-order valence-electron chi connectivity index (χ4n) is 2.22. The average Bonchev–Trinajstić information content (AvgIpc) is 2.18. The van der Waals surface area contributed by atoms with E-state index in [1.165, 1.54) is 0 Å². The van der Waals surface area contributed by atoms with Crippen molar-refractivity contribution in [1.29, 1.82) is 0 Å². The van der Waals surface area contributed by atoms with Crippen LogP contribution in [-0.2, 0) is 9.63 Å². The second-order valence-corrected chi connectivity index (χ2v) is 4.22. The summed E-state index contributed by atoms with van der Waals surface area (Å²) in [4.78, 5) is 15.5. The van der Waals surface area contributed by atoms with Gasteiger partial charge in [0.1, 0.15) is 0 Å². The van der Waals surface area contributed by atoms with Gasteiger partial charge in [-0.3, -0.25) is 9.63 Å². The number of carbonyl (C=O) groups is 1. The van der Waals surface area contributed by atoms with Crippen molar-refractivity contribution in [2.75, 3.05) is 0 Å². The summed E-state index contributed by atoms with van der Waals surface area (Å²) in [6.45, 7) is 2.16. The topological polar surface area (TPSA) is 72.5 Å². The second-order valence-electron chi connectivity index (χ2n) is 4.22. The van der Waals surface area contributed by atoms with Crippen molar-refractivity contribution in [2.24, 2.45) is 11.8 Å². The molecular formula is C10H19NO3. The van der Waals surface area contributed by atoms with E-state index in [-0.39, 0.29) is 6.42 Å². The minimum atomic E-state index is -0.828. The third kappa shape index (κ3) is 2.69. The van der Waals surface area contributed by atoms with Crippen molar-refractivity contribution in [3.05, 3.63) is 0 Å². The van der Waals surface area contributed by atoms with Crippen LogP contribution in [0.15, 0.2) is 0 Å². The summed E-state index contributed by atoms with van der Waals surface area (Å²) in [6, 6.07) is 0. The predicted octanol–water partition coefficient (Wildman–Crippen LogP) is 1.69. The fourth-order valence-corrected chi connectivity index (χ4v) is 2.22. The molecule has 1 saturated carbocycles. The standard InChI is InChI=1S/C10H19NO3/c1-2-8-3-5-10(14-11,6-4-8)7-9(12)13/h8H,2-7,11H2,1H3,(H,12,13). The summed E-state index contributed by atoms with van der Waals surface area (Å²) in [7, 11) is 0. The van der Waals surface area contributed by atoms with Crippen LogP contribution in [-0.4, -0.2) is 16.7 Å². The highest BCUT2D eigenvalue weighted by atomic mass is 16.6. The molecule has 0 heterocycles. The summed E-state index contributed by atoms with van der Waals surface area (Å²) >= 11 is 0. The van der Waals surface area contributed by atoms with Crippen molar-refractivity contribution >= 4 is 5.97 Å². The molecule has 4 nitrogen and oxygen atoms in total. The van der Waals surface area contributed by atoms with Crippen LogP contribution in [0.25, 0.3) is 0 Å². The van der Waals surface area contributed by atoms with E-state index in [4.69, 9.17) is 15.8 Å². The van der Waals surface area contributed by atoms with Gasteiger partial charge in [0.05, 0.1) is 12.0 Å². The van der Waals surface area contributed by atoms with Gasteiger partial charge in [0, 0.05) is 0 Å². The van der Waals surface area contributed by atoms with Crippen LogP contribution in [0.4, 0.5) is 0 Å². The Morgan fingerprint density at radius 2 is 2.14 bits per heavy atom. The summed E-state index contributed by atoms with van der Waals surface area (Å²) < 4.78 is 0. The van der Waals surface area contributed by atoms with Crippen LogP contribution in [0.2, 0.25) is 0 Å². The third-order valence-corrected chi connectivity index (χ3v) is 3.32. The van der Waals surface area contributed by atoms with E-state index in [1.54, 1.807) is 0 Å². The smallest absolute Gasteiger partial charge is 0.306 e. The zero-order valence-corrected chi connectivity index (χ0v) is 8.66. The highest BCUT2D eigenvalue weighted by Crippen LogP contribution is 2.37. The Balaban J connectivity index is 2.52. The highest BCUT2D eigenvalue weighted by Gasteiger charge is 2.37. The molecule has 0 aromatic rings. The molecule has 0 aromatic heterocycles. The first-order valence-electron chi connectivity index (χ1n) is 5.21. The van der Waals surface area contributed by atoms with E-state index < -0.39 is 11.6 Å². The lowest BCUT2D eigenvalue weighted by atomic mass is 9.76. The van der Waals surface area contributed by atoms with Gasteiger partial charge in [-0.05, 0) is 31.6 Å². The van der Waals surface area contributed by atoms with Gasteiger partial charge < -0.3 is 5.11 Å². The lowest BCUT2D eigenvalue weighted by molar-refractivity contribution is -0.150. The number of rotatable bonds is 4. The van der Waals surface area contributed by atoms with Crippen LogP contribution >= 0.6 is 0 Å². The van der Waals surface area contributed by atoms with Gasteiger partial charge in [-0.15, -0.1) is 0 Å². The first kappa shape index (κ1) is 11.5. The van der Waals surface area contributed by atoms with Crippen molar-refractivity contribution < 1.29 is 14.7 Å². The molecule has 0 atom stereocenters. The molecule has 14 heavy (non-hydrogen) atoms. The summed E-state index contributed by atoms with van der Waals surface area (Å²) in [5, 5.41) is 8.75. The van der Waals surface area contributed by atoms with E-state index in [0.29, 0.717) is 5.92 Å². The molecule has 4 heteroatoms. The van der Waals surface area contributed by atoms with Crippen LogP contribution in [0.1, 0.15) is 45.4 Å². The fraction of sp³-hybridized carbons (Fsp3) is 0.900. The van der Waals surface area contributed by atoms with Gasteiger partial charge in [0.15, 0.2) is 0 Å². The molecule has 1 rings (SSSR count). The average molecular weight is 201 g/mol. The van der Waals surface area contributed by atoms with Gasteiger partial charge in [-0.25, -0.2) is 5.90 Å². The number of nitrogens with two attached hydrogens (primary N) is 1. The van der Waals surface area contributed by atoms with Crippen LogP contribution in [0, 0.1) is 5.92 Å².